The van der Waals surface area contributed by atoms with Crippen molar-refractivity contribution < 1.29 is 14.6 Å². The van der Waals surface area contributed by atoms with Gasteiger partial charge in [-0.1, -0.05) is 6.07 Å². The van der Waals surface area contributed by atoms with E-state index >= 15 is 0 Å². The summed E-state index contributed by atoms with van der Waals surface area (Å²) in [5.41, 5.74) is 2.41. The third kappa shape index (κ3) is 3.62. The van der Waals surface area contributed by atoms with Crippen molar-refractivity contribution in [1.82, 2.24) is 14.8 Å². The fourth-order valence-electron chi connectivity index (χ4n) is 1.67. The number of carbonyl (C=O) groups is 1. The first-order chi connectivity index (χ1) is 9.19. The monoisotopic (exact) mass is 261 g/mol. The molecule has 0 aliphatic heterocycles. The van der Waals surface area contributed by atoms with E-state index in [4.69, 9.17) is 9.84 Å². The number of pyridine rings is 1. The summed E-state index contributed by atoms with van der Waals surface area (Å²) in [5.74, 6) is -0.882. The molecule has 0 saturated heterocycles. The molecule has 6 nitrogen and oxygen atoms in total. The van der Waals surface area contributed by atoms with Gasteiger partial charge in [-0.25, -0.2) is 0 Å². The van der Waals surface area contributed by atoms with E-state index in [0.717, 1.165) is 11.1 Å². The third-order valence-corrected chi connectivity index (χ3v) is 2.65. The van der Waals surface area contributed by atoms with Crippen LogP contribution in [0.5, 0.6) is 0 Å². The van der Waals surface area contributed by atoms with Crippen LogP contribution in [-0.4, -0.2) is 39.6 Å². The van der Waals surface area contributed by atoms with Crippen molar-refractivity contribution in [3.05, 3.63) is 36.4 Å². The number of aliphatic carboxylic acids is 1. The second-order valence-electron chi connectivity index (χ2n) is 4.09. The highest BCUT2D eigenvalue weighted by molar-refractivity contribution is 5.70. The molecule has 1 N–H and O–H groups in total. The first kappa shape index (κ1) is 13.2. The fourth-order valence-corrected chi connectivity index (χ4v) is 1.67. The second kappa shape index (κ2) is 6.10. The predicted octanol–water partition coefficient (Wildman–Crippen LogP) is 1.22. The summed E-state index contributed by atoms with van der Waals surface area (Å²) in [4.78, 5) is 14.7. The van der Waals surface area contributed by atoms with Crippen LogP contribution in [0.4, 0.5) is 0 Å². The molecular formula is C13H15N3O3. The Morgan fingerprint density at radius 3 is 2.84 bits per heavy atom. The molecule has 0 saturated carbocycles. The van der Waals surface area contributed by atoms with Crippen LogP contribution in [-0.2, 0) is 22.5 Å². The quantitative estimate of drug-likeness (QED) is 0.846. The van der Waals surface area contributed by atoms with Crippen molar-refractivity contribution in [2.75, 3.05) is 13.7 Å². The first-order valence-electron chi connectivity index (χ1n) is 5.87. The first-order valence-corrected chi connectivity index (χ1v) is 5.87. The van der Waals surface area contributed by atoms with Gasteiger partial charge in [0.25, 0.3) is 0 Å². The van der Waals surface area contributed by atoms with Gasteiger partial charge in [-0.05, 0) is 6.07 Å². The van der Waals surface area contributed by atoms with E-state index in [-0.39, 0.29) is 6.42 Å². The highest BCUT2D eigenvalue weighted by Gasteiger charge is 2.05. The van der Waals surface area contributed by atoms with E-state index in [0.29, 0.717) is 18.8 Å². The van der Waals surface area contributed by atoms with Gasteiger partial charge >= 0.3 is 5.97 Å². The Morgan fingerprint density at radius 2 is 2.21 bits per heavy atom. The van der Waals surface area contributed by atoms with Crippen molar-refractivity contribution in [2.45, 2.75) is 13.0 Å². The Morgan fingerprint density at radius 1 is 1.37 bits per heavy atom. The van der Waals surface area contributed by atoms with Gasteiger partial charge in [0.15, 0.2) is 0 Å². The van der Waals surface area contributed by atoms with Crippen molar-refractivity contribution in [3.63, 3.8) is 0 Å². The molecule has 0 aliphatic carbocycles. The molecule has 0 bridgehead atoms. The standard InChI is InChI=1S/C13H15N3O3/c1-19-5-4-16-9-11(8-15-16)10-2-3-12(14-7-10)6-13(17)18/h2-3,7-9H,4-6H2,1H3,(H,17,18). The maximum absolute atomic E-state index is 10.6. The maximum atomic E-state index is 10.6. The van der Waals surface area contributed by atoms with Crippen molar-refractivity contribution in [2.24, 2.45) is 0 Å². The molecule has 0 unspecified atom stereocenters. The minimum absolute atomic E-state index is 0.0621. The summed E-state index contributed by atoms with van der Waals surface area (Å²) in [7, 11) is 1.65. The molecule has 0 atom stereocenters. The fraction of sp³-hybridized carbons (Fsp3) is 0.308. The van der Waals surface area contributed by atoms with E-state index in [1.165, 1.54) is 0 Å². The molecule has 0 spiro atoms. The lowest BCUT2D eigenvalue weighted by Gasteiger charge is -2.00. The number of rotatable bonds is 6. The van der Waals surface area contributed by atoms with Gasteiger partial charge in [-0.3, -0.25) is 14.5 Å². The van der Waals surface area contributed by atoms with Crippen LogP contribution >= 0.6 is 0 Å². The largest absolute Gasteiger partial charge is 0.481 e. The van der Waals surface area contributed by atoms with Crippen LogP contribution in [0.1, 0.15) is 5.69 Å². The molecule has 2 aromatic heterocycles. The summed E-state index contributed by atoms with van der Waals surface area (Å²) >= 11 is 0. The van der Waals surface area contributed by atoms with Crippen LogP contribution in [0, 0.1) is 0 Å². The van der Waals surface area contributed by atoms with Gasteiger partial charge in [0.2, 0.25) is 0 Å². The number of nitrogens with zero attached hydrogens (tertiary/aromatic N) is 3. The molecule has 0 radical (unpaired) electrons. The van der Waals surface area contributed by atoms with Gasteiger partial charge in [0, 0.05) is 30.6 Å². The van der Waals surface area contributed by atoms with Gasteiger partial charge in [-0.2, -0.15) is 5.10 Å². The van der Waals surface area contributed by atoms with Gasteiger partial charge in [0.1, 0.15) is 0 Å². The molecule has 2 rings (SSSR count). The zero-order chi connectivity index (χ0) is 13.7. The Balaban J connectivity index is 2.09. The average Bonchev–Trinajstić information content (AvgIpc) is 2.85. The summed E-state index contributed by atoms with van der Waals surface area (Å²) in [6.45, 7) is 1.30. The highest BCUT2D eigenvalue weighted by atomic mass is 16.5. The summed E-state index contributed by atoms with van der Waals surface area (Å²) in [6.07, 6.45) is 5.26. The van der Waals surface area contributed by atoms with Crippen LogP contribution < -0.4 is 0 Å². The summed E-state index contributed by atoms with van der Waals surface area (Å²) in [5, 5.41) is 12.9. The van der Waals surface area contributed by atoms with Crippen molar-refractivity contribution in [1.29, 1.82) is 0 Å². The summed E-state index contributed by atoms with van der Waals surface area (Å²) in [6, 6.07) is 3.57. The van der Waals surface area contributed by atoms with Crippen LogP contribution in [0.25, 0.3) is 11.1 Å². The molecule has 100 valence electrons. The third-order valence-electron chi connectivity index (χ3n) is 2.65. The van der Waals surface area contributed by atoms with Crippen molar-refractivity contribution >= 4 is 5.97 Å². The SMILES string of the molecule is COCCn1cc(-c2ccc(CC(=O)O)nc2)cn1. The Kier molecular flexibility index (Phi) is 4.25. The average molecular weight is 261 g/mol. The Bertz CT molecular complexity index is 549. The van der Waals surface area contributed by atoms with E-state index in [1.807, 2.05) is 12.3 Å². The van der Waals surface area contributed by atoms with Gasteiger partial charge < -0.3 is 9.84 Å². The number of hydrogen-bond donors (Lipinski definition) is 1. The van der Waals surface area contributed by atoms with E-state index in [1.54, 1.807) is 30.3 Å². The number of aromatic nitrogens is 3. The molecule has 19 heavy (non-hydrogen) atoms. The van der Waals surface area contributed by atoms with Gasteiger partial charge in [0.05, 0.1) is 31.5 Å². The zero-order valence-electron chi connectivity index (χ0n) is 10.6. The molecule has 0 amide bonds. The highest BCUT2D eigenvalue weighted by Crippen LogP contribution is 2.17. The van der Waals surface area contributed by atoms with Crippen LogP contribution in [0.15, 0.2) is 30.7 Å². The van der Waals surface area contributed by atoms with Crippen LogP contribution in [0.2, 0.25) is 0 Å². The normalized spacial score (nSPS) is 10.6. The maximum Gasteiger partial charge on any atom is 0.309 e. The lowest BCUT2D eigenvalue weighted by molar-refractivity contribution is -0.136. The smallest absolute Gasteiger partial charge is 0.309 e. The molecule has 0 aliphatic rings. The Labute approximate surface area is 110 Å². The lowest BCUT2D eigenvalue weighted by Crippen LogP contribution is -2.03. The molecule has 0 fully saturated rings. The molecular weight excluding hydrogens is 246 g/mol. The number of hydrogen-bond acceptors (Lipinski definition) is 4. The molecule has 0 aromatic carbocycles. The minimum Gasteiger partial charge on any atom is -0.481 e. The Hall–Kier alpha value is -2.21. The molecule has 2 aromatic rings. The van der Waals surface area contributed by atoms with Gasteiger partial charge in [-0.15, -0.1) is 0 Å². The predicted molar refractivity (Wildman–Crippen MR) is 68.7 cm³/mol. The topological polar surface area (TPSA) is 77.2 Å². The zero-order valence-corrected chi connectivity index (χ0v) is 10.6. The molecule has 2 heterocycles. The number of ether oxygens (including phenoxy) is 1. The molecule has 6 heteroatoms. The minimum atomic E-state index is -0.882. The summed E-state index contributed by atoms with van der Waals surface area (Å²) < 4.78 is 6.78. The van der Waals surface area contributed by atoms with Crippen LogP contribution in [0.3, 0.4) is 0 Å². The van der Waals surface area contributed by atoms with E-state index in [9.17, 15) is 4.79 Å². The van der Waals surface area contributed by atoms with E-state index in [2.05, 4.69) is 10.1 Å². The second-order valence-corrected chi connectivity index (χ2v) is 4.09. The number of methoxy groups -OCH3 is 1. The number of carboxylic acids is 1. The van der Waals surface area contributed by atoms with E-state index < -0.39 is 5.97 Å². The van der Waals surface area contributed by atoms with Crippen molar-refractivity contribution in [3.8, 4) is 11.1 Å². The lowest BCUT2D eigenvalue weighted by atomic mass is 10.1. The number of carboxylic acid groups (broad SMARTS) is 1.